The second kappa shape index (κ2) is 11.4. The largest absolute Gasteiger partial charge is 0.452 e. The van der Waals surface area contributed by atoms with Crippen molar-refractivity contribution in [2.75, 3.05) is 32.1 Å². The number of ether oxygens (including phenoxy) is 1. The first-order valence-corrected chi connectivity index (χ1v) is 11.5. The number of anilines is 1. The van der Waals surface area contributed by atoms with Crippen LogP contribution in [0.25, 0.3) is 0 Å². The third kappa shape index (κ3) is 7.54. The van der Waals surface area contributed by atoms with Crippen molar-refractivity contribution >= 4 is 33.3 Å². The topological polar surface area (TPSA) is 148 Å². The van der Waals surface area contributed by atoms with E-state index in [1.54, 1.807) is 14.1 Å². The summed E-state index contributed by atoms with van der Waals surface area (Å²) in [7, 11) is -1.05. The molecule has 178 valence electrons. The Balaban J connectivity index is 1.89. The minimum Gasteiger partial charge on any atom is -0.452 e. The summed E-state index contributed by atoms with van der Waals surface area (Å²) < 4.78 is 31.9. The predicted octanol–water partition coefficient (Wildman–Crippen LogP) is 1.23. The van der Waals surface area contributed by atoms with Gasteiger partial charge in [0.15, 0.2) is 6.10 Å². The first-order chi connectivity index (χ1) is 15.5. The van der Waals surface area contributed by atoms with Crippen molar-refractivity contribution in [2.45, 2.75) is 24.3 Å². The molecule has 0 spiro atoms. The molecule has 0 fully saturated rings. The second-order valence-corrected chi connectivity index (χ2v) is 9.05. The second-order valence-electron chi connectivity index (χ2n) is 7.29. The molecular weight excluding hydrogens is 452 g/mol. The van der Waals surface area contributed by atoms with E-state index in [0.717, 1.165) is 11.6 Å². The van der Waals surface area contributed by atoms with E-state index in [0.29, 0.717) is 13.0 Å². The molecule has 0 radical (unpaired) electrons. The van der Waals surface area contributed by atoms with E-state index in [9.17, 15) is 28.1 Å². The molecule has 2 aromatic rings. The van der Waals surface area contributed by atoms with Crippen molar-refractivity contribution < 1.29 is 27.7 Å². The lowest BCUT2D eigenvalue weighted by atomic mass is 10.1. The average Bonchev–Trinajstić information content (AvgIpc) is 2.77. The summed E-state index contributed by atoms with van der Waals surface area (Å²) in [6, 6.07) is 12.9. The Kier molecular flexibility index (Phi) is 8.88. The van der Waals surface area contributed by atoms with Crippen molar-refractivity contribution in [1.82, 2.24) is 10.0 Å². The van der Waals surface area contributed by atoms with Gasteiger partial charge in [0.2, 0.25) is 10.0 Å². The molecule has 0 aliphatic carbocycles. The number of nitro benzene ring substituents is 1. The van der Waals surface area contributed by atoms with E-state index in [-0.39, 0.29) is 10.6 Å². The van der Waals surface area contributed by atoms with E-state index in [2.05, 4.69) is 5.32 Å². The van der Waals surface area contributed by atoms with E-state index in [4.69, 9.17) is 4.74 Å². The molecule has 0 saturated carbocycles. The Morgan fingerprint density at radius 1 is 1.15 bits per heavy atom. The Morgan fingerprint density at radius 2 is 1.82 bits per heavy atom. The first kappa shape index (κ1) is 25.7. The zero-order valence-corrected chi connectivity index (χ0v) is 19.3. The number of carbonyl (C=O) groups is 2. The van der Waals surface area contributed by atoms with Crippen molar-refractivity contribution in [3.63, 3.8) is 0 Å². The lowest BCUT2D eigenvalue weighted by Crippen LogP contribution is -2.39. The third-order valence-electron chi connectivity index (χ3n) is 4.58. The lowest BCUT2D eigenvalue weighted by Gasteiger charge is -2.15. The highest BCUT2D eigenvalue weighted by atomic mass is 32.2. The number of rotatable bonds is 11. The maximum Gasteiger partial charge on any atom is 0.321 e. The molecule has 0 aromatic heterocycles. The van der Waals surface area contributed by atoms with Crippen molar-refractivity contribution in [3.05, 3.63) is 64.2 Å². The zero-order valence-electron chi connectivity index (χ0n) is 18.5. The van der Waals surface area contributed by atoms with E-state index in [1.807, 2.05) is 35.1 Å². The van der Waals surface area contributed by atoms with Crippen LogP contribution in [0.5, 0.6) is 0 Å². The van der Waals surface area contributed by atoms with Crippen LogP contribution in [0, 0.1) is 10.1 Å². The van der Waals surface area contributed by atoms with Crippen LogP contribution in [0.2, 0.25) is 0 Å². The number of hydrogen-bond acceptors (Lipinski definition) is 8. The maximum absolute atomic E-state index is 12.5. The number of nitro groups is 1. The van der Waals surface area contributed by atoms with Gasteiger partial charge in [-0.25, -0.2) is 8.42 Å². The Labute approximate surface area is 191 Å². The fourth-order valence-corrected chi connectivity index (χ4v) is 3.83. The Hall–Kier alpha value is -3.51. The molecule has 1 amide bonds. The number of esters is 1. The highest BCUT2D eigenvalue weighted by molar-refractivity contribution is 7.89. The van der Waals surface area contributed by atoms with Gasteiger partial charge in [-0.3, -0.25) is 19.7 Å². The fourth-order valence-electron chi connectivity index (χ4n) is 2.84. The van der Waals surface area contributed by atoms with Crippen molar-refractivity contribution in [2.24, 2.45) is 0 Å². The van der Waals surface area contributed by atoms with E-state index >= 15 is 0 Å². The number of sulfonamides is 1. The van der Waals surface area contributed by atoms with Gasteiger partial charge in [0.25, 0.3) is 11.6 Å². The summed E-state index contributed by atoms with van der Waals surface area (Å²) in [4.78, 5) is 35.8. The molecule has 0 heterocycles. The van der Waals surface area contributed by atoms with Gasteiger partial charge < -0.3 is 15.0 Å². The molecule has 0 bridgehead atoms. The molecule has 2 rings (SSSR count). The van der Waals surface area contributed by atoms with Crippen LogP contribution in [-0.4, -0.2) is 58.5 Å². The van der Waals surface area contributed by atoms with Crippen LogP contribution < -0.4 is 14.9 Å². The van der Waals surface area contributed by atoms with Crippen molar-refractivity contribution in [3.8, 4) is 0 Å². The van der Waals surface area contributed by atoms with Gasteiger partial charge in [0, 0.05) is 26.7 Å². The number of carbonyl (C=O) groups excluding carboxylic acids is 2. The monoisotopic (exact) mass is 478 g/mol. The van der Waals surface area contributed by atoms with Gasteiger partial charge in [-0.15, -0.1) is 0 Å². The minimum atomic E-state index is -4.23. The Morgan fingerprint density at radius 3 is 2.42 bits per heavy atom. The predicted molar refractivity (Wildman–Crippen MR) is 121 cm³/mol. The summed E-state index contributed by atoms with van der Waals surface area (Å²) in [5, 5.41) is 13.9. The van der Waals surface area contributed by atoms with Crippen LogP contribution >= 0.6 is 0 Å². The van der Waals surface area contributed by atoms with E-state index in [1.165, 1.54) is 24.0 Å². The number of amides is 1. The minimum absolute atomic E-state index is 0.227. The molecule has 12 heteroatoms. The highest BCUT2D eigenvalue weighted by Gasteiger charge is 2.24. The van der Waals surface area contributed by atoms with Gasteiger partial charge in [-0.05, 0) is 31.0 Å². The number of hydrogen-bond donors (Lipinski definition) is 2. The molecule has 0 aliphatic heterocycles. The van der Waals surface area contributed by atoms with Gasteiger partial charge in [-0.2, -0.15) is 4.72 Å². The molecule has 33 heavy (non-hydrogen) atoms. The Bertz CT molecular complexity index is 1100. The molecule has 11 nitrogen and oxygen atoms in total. The van der Waals surface area contributed by atoms with Crippen LogP contribution in [0.1, 0.15) is 12.5 Å². The van der Waals surface area contributed by atoms with Gasteiger partial charge in [0.05, 0.1) is 9.82 Å². The van der Waals surface area contributed by atoms with Gasteiger partial charge in [0.1, 0.15) is 12.2 Å². The van der Waals surface area contributed by atoms with Crippen LogP contribution in [0.15, 0.2) is 53.4 Å². The molecule has 0 aliphatic rings. The molecule has 0 saturated heterocycles. The van der Waals surface area contributed by atoms with E-state index < -0.39 is 45.2 Å². The van der Waals surface area contributed by atoms with Gasteiger partial charge in [-0.1, -0.05) is 30.3 Å². The van der Waals surface area contributed by atoms with Gasteiger partial charge >= 0.3 is 5.97 Å². The fraction of sp³-hybridized carbons (Fsp3) is 0.333. The summed E-state index contributed by atoms with van der Waals surface area (Å²) in [5.74, 6) is -1.49. The lowest BCUT2D eigenvalue weighted by molar-refractivity contribution is -0.384. The molecule has 1 atom stereocenters. The summed E-state index contributed by atoms with van der Waals surface area (Å²) in [5.41, 5.74) is 0.868. The summed E-state index contributed by atoms with van der Waals surface area (Å²) >= 11 is 0. The van der Waals surface area contributed by atoms with Crippen LogP contribution in [0.3, 0.4) is 0 Å². The summed E-state index contributed by atoms with van der Waals surface area (Å²) in [6.07, 6.45) is -0.524. The zero-order chi connectivity index (χ0) is 24.6. The average molecular weight is 479 g/mol. The number of nitrogens with one attached hydrogen (secondary N) is 2. The normalized spacial score (nSPS) is 12.0. The quantitative estimate of drug-likeness (QED) is 0.278. The number of nitrogens with zero attached hydrogens (tertiary/aromatic N) is 2. The first-order valence-electron chi connectivity index (χ1n) is 9.98. The maximum atomic E-state index is 12.5. The smallest absolute Gasteiger partial charge is 0.321 e. The molecular formula is C21H26N4O7S. The molecule has 1 unspecified atom stereocenters. The molecule has 2 N–H and O–H groups in total. The number of benzene rings is 2. The highest BCUT2D eigenvalue weighted by Crippen LogP contribution is 2.29. The van der Waals surface area contributed by atoms with Crippen LogP contribution in [0.4, 0.5) is 11.4 Å². The standard InChI is InChI=1S/C21H26N4O7S/c1-15(21(27)22-12-11-16-7-5-4-6-8-16)32-20(26)14-23-33(30,31)17-9-10-18(24(2)3)19(13-17)25(28)29/h4-10,13,15,23H,11-12,14H2,1-3H3,(H,22,27). The van der Waals surface area contributed by atoms with Crippen molar-refractivity contribution in [1.29, 1.82) is 0 Å². The summed E-state index contributed by atoms with van der Waals surface area (Å²) in [6.45, 7) is 0.972. The van der Waals surface area contributed by atoms with Crippen LogP contribution in [-0.2, 0) is 30.8 Å². The molecule has 2 aromatic carbocycles. The SMILES string of the molecule is CC(OC(=O)CNS(=O)(=O)c1ccc(N(C)C)c([N+](=O)[O-])c1)C(=O)NCCc1ccccc1. The third-order valence-corrected chi connectivity index (χ3v) is 5.97.